The fraction of sp³-hybridized carbons (Fsp3) is 0.556. The zero-order chi connectivity index (χ0) is 17.4. The summed E-state index contributed by atoms with van der Waals surface area (Å²) in [5, 5.41) is 5.70. The topological polar surface area (TPSA) is 84.2 Å². The van der Waals surface area contributed by atoms with Crippen LogP contribution in [0.5, 0.6) is 0 Å². The van der Waals surface area contributed by atoms with Gasteiger partial charge in [0.1, 0.15) is 0 Å². The molecular weight excluding hydrogens is 406 g/mol. The average molecular weight is 433 g/mol. The van der Waals surface area contributed by atoms with Gasteiger partial charge in [-0.05, 0) is 49.1 Å². The number of hydrogen-bond donors (Lipinski definition) is 3. The number of rotatable bonds is 7. The third kappa shape index (κ3) is 6.96. The van der Waals surface area contributed by atoms with Gasteiger partial charge in [-0.15, -0.1) is 12.4 Å². The molecular formula is C18H27BrClN3O2. The molecule has 0 aliphatic heterocycles. The van der Waals surface area contributed by atoms with Crippen molar-refractivity contribution < 1.29 is 9.59 Å². The third-order valence-electron chi connectivity index (χ3n) is 4.72. The van der Waals surface area contributed by atoms with Crippen LogP contribution in [0, 0.1) is 5.41 Å². The Labute approximate surface area is 164 Å². The van der Waals surface area contributed by atoms with E-state index in [4.69, 9.17) is 5.73 Å². The summed E-state index contributed by atoms with van der Waals surface area (Å²) >= 11 is 3.34. The van der Waals surface area contributed by atoms with E-state index in [0.717, 1.165) is 30.2 Å². The predicted molar refractivity (Wildman–Crippen MR) is 106 cm³/mol. The maximum absolute atomic E-state index is 12.1. The molecule has 0 spiro atoms. The van der Waals surface area contributed by atoms with E-state index in [9.17, 15) is 9.59 Å². The Morgan fingerprint density at radius 2 is 1.64 bits per heavy atom. The van der Waals surface area contributed by atoms with Crippen LogP contribution < -0.4 is 16.4 Å². The molecule has 0 radical (unpaired) electrons. The second kappa shape index (κ2) is 10.8. The van der Waals surface area contributed by atoms with Gasteiger partial charge in [0, 0.05) is 29.5 Å². The van der Waals surface area contributed by atoms with Crippen LogP contribution in [0.2, 0.25) is 0 Å². The molecule has 0 heterocycles. The fourth-order valence-corrected chi connectivity index (χ4v) is 3.50. The Morgan fingerprint density at radius 3 is 2.24 bits per heavy atom. The molecule has 7 heteroatoms. The van der Waals surface area contributed by atoms with Crippen molar-refractivity contribution in [2.75, 3.05) is 19.6 Å². The van der Waals surface area contributed by atoms with Crippen LogP contribution in [-0.2, 0) is 4.79 Å². The third-order valence-corrected chi connectivity index (χ3v) is 5.25. The Kier molecular flexibility index (Phi) is 9.46. The van der Waals surface area contributed by atoms with Crippen LogP contribution in [-0.4, -0.2) is 31.4 Å². The van der Waals surface area contributed by atoms with Crippen molar-refractivity contribution in [3.8, 4) is 0 Å². The van der Waals surface area contributed by atoms with Crippen LogP contribution in [0.25, 0.3) is 0 Å². The number of carbonyl (C=O) groups is 2. The Hall–Kier alpha value is -1.11. The first-order valence-electron chi connectivity index (χ1n) is 8.55. The molecule has 0 unspecified atom stereocenters. The van der Waals surface area contributed by atoms with Gasteiger partial charge in [-0.1, -0.05) is 35.2 Å². The average Bonchev–Trinajstić information content (AvgIpc) is 2.60. The standard InChI is InChI=1S/C18H26BrN3O2.ClH/c19-15-6-4-14(5-7-15)17(24)22-11-10-21-16(23)12-18(13-20)8-2-1-3-9-18;/h4-7H,1-3,8-13,20H2,(H,21,23)(H,22,24);1H. The van der Waals surface area contributed by atoms with Crippen LogP contribution in [0.3, 0.4) is 0 Å². The molecule has 1 aliphatic carbocycles. The summed E-state index contributed by atoms with van der Waals surface area (Å²) < 4.78 is 0.933. The smallest absolute Gasteiger partial charge is 0.251 e. The highest BCUT2D eigenvalue weighted by Gasteiger charge is 2.32. The van der Waals surface area contributed by atoms with E-state index in [1.54, 1.807) is 12.1 Å². The molecule has 2 rings (SSSR count). The van der Waals surface area contributed by atoms with Gasteiger partial charge in [0.05, 0.1) is 0 Å². The van der Waals surface area contributed by atoms with Crippen molar-refractivity contribution in [3.05, 3.63) is 34.3 Å². The van der Waals surface area contributed by atoms with Gasteiger partial charge in [0.2, 0.25) is 5.91 Å². The van der Waals surface area contributed by atoms with Crippen molar-refractivity contribution in [1.29, 1.82) is 0 Å². The highest BCUT2D eigenvalue weighted by Crippen LogP contribution is 2.38. The lowest BCUT2D eigenvalue weighted by molar-refractivity contribution is -0.123. The SMILES string of the molecule is Cl.NCC1(CC(=O)NCCNC(=O)c2ccc(Br)cc2)CCCCC1. The summed E-state index contributed by atoms with van der Waals surface area (Å²) in [4.78, 5) is 24.1. The summed E-state index contributed by atoms with van der Waals surface area (Å²) in [6, 6.07) is 7.17. The van der Waals surface area contributed by atoms with Gasteiger partial charge in [-0.2, -0.15) is 0 Å². The Morgan fingerprint density at radius 1 is 1.04 bits per heavy atom. The summed E-state index contributed by atoms with van der Waals surface area (Å²) in [6.45, 7) is 1.42. The molecule has 0 aromatic heterocycles. The second-order valence-electron chi connectivity index (χ2n) is 6.55. The van der Waals surface area contributed by atoms with E-state index in [1.807, 2.05) is 12.1 Å². The van der Waals surface area contributed by atoms with Gasteiger partial charge in [0.25, 0.3) is 5.91 Å². The number of carbonyl (C=O) groups excluding carboxylic acids is 2. The van der Waals surface area contributed by atoms with Gasteiger partial charge >= 0.3 is 0 Å². The maximum Gasteiger partial charge on any atom is 0.251 e. The van der Waals surface area contributed by atoms with E-state index in [1.165, 1.54) is 6.42 Å². The first kappa shape index (κ1) is 21.9. The lowest BCUT2D eigenvalue weighted by atomic mass is 9.71. The second-order valence-corrected chi connectivity index (χ2v) is 7.47. The number of hydrogen-bond acceptors (Lipinski definition) is 3. The van der Waals surface area contributed by atoms with Gasteiger partial charge < -0.3 is 16.4 Å². The highest BCUT2D eigenvalue weighted by atomic mass is 79.9. The van der Waals surface area contributed by atoms with E-state index in [0.29, 0.717) is 31.6 Å². The molecule has 5 nitrogen and oxygen atoms in total. The molecule has 1 fully saturated rings. The van der Waals surface area contributed by atoms with E-state index in [-0.39, 0.29) is 29.6 Å². The quantitative estimate of drug-likeness (QED) is 0.579. The number of nitrogens with two attached hydrogens (primary N) is 1. The van der Waals surface area contributed by atoms with Crippen LogP contribution >= 0.6 is 28.3 Å². The fourth-order valence-electron chi connectivity index (χ4n) is 3.24. The number of nitrogens with one attached hydrogen (secondary N) is 2. The van der Waals surface area contributed by atoms with Gasteiger partial charge in [-0.25, -0.2) is 0 Å². The first-order valence-corrected chi connectivity index (χ1v) is 9.34. The van der Waals surface area contributed by atoms with Crippen molar-refractivity contribution in [1.82, 2.24) is 10.6 Å². The number of halogens is 2. The van der Waals surface area contributed by atoms with Crippen LogP contribution in [0.15, 0.2) is 28.7 Å². The minimum Gasteiger partial charge on any atom is -0.354 e. The van der Waals surface area contributed by atoms with E-state index >= 15 is 0 Å². The summed E-state index contributed by atoms with van der Waals surface area (Å²) in [7, 11) is 0. The lowest BCUT2D eigenvalue weighted by Crippen LogP contribution is -2.40. The molecule has 1 saturated carbocycles. The highest BCUT2D eigenvalue weighted by molar-refractivity contribution is 9.10. The van der Waals surface area contributed by atoms with E-state index in [2.05, 4.69) is 26.6 Å². The molecule has 0 atom stereocenters. The van der Waals surface area contributed by atoms with Gasteiger partial charge in [0.15, 0.2) is 0 Å². The summed E-state index contributed by atoms with van der Waals surface area (Å²) in [5.74, 6) is -0.109. The molecule has 0 bridgehead atoms. The molecule has 0 saturated heterocycles. The Balaban J connectivity index is 0.00000312. The predicted octanol–water partition coefficient (Wildman–Crippen LogP) is 3.02. The van der Waals surface area contributed by atoms with Crippen molar-refractivity contribution >= 4 is 40.2 Å². The van der Waals surface area contributed by atoms with Crippen LogP contribution in [0.1, 0.15) is 48.9 Å². The molecule has 1 aromatic carbocycles. The normalized spacial score (nSPS) is 15.8. The van der Waals surface area contributed by atoms with Crippen molar-refractivity contribution in [3.63, 3.8) is 0 Å². The monoisotopic (exact) mass is 431 g/mol. The van der Waals surface area contributed by atoms with Gasteiger partial charge in [-0.3, -0.25) is 9.59 Å². The van der Waals surface area contributed by atoms with E-state index < -0.39 is 0 Å². The first-order chi connectivity index (χ1) is 11.5. The maximum atomic E-state index is 12.1. The minimum absolute atomic E-state index is 0. The zero-order valence-electron chi connectivity index (χ0n) is 14.4. The number of amides is 2. The molecule has 4 N–H and O–H groups in total. The number of benzene rings is 1. The zero-order valence-corrected chi connectivity index (χ0v) is 16.8. The Bertz CT molecular complexity index is 560. The molecule has 140 valence electrons. The van der Waals surface area contributed by atoms with Crippen LogP contribution in [0.4, 0.5) is 0 Å². The van der Waals surface area contributed by atoms with Crippen molar-refractivity contribution in [2.45, 2.75) is 38.5 Å². The summed E-state index contributed by atoms with van der Waals surface area (Å²) in [6.07, 6.45) is 6.13. The minimum atomic E-state index is -0.137. The molecule has 1 aromatic rings. The molecule has 25 heavy (non-hydrogen) atoms. The largest absolute Gasteiger partial charge is 0.354 e. The molecule has 1 aliphatic rings. The lowest BCUT2D eigenvalue weighted by Gasteiger charge is -2.35. The van der Waals surface area contributed by atoms with Crippen molar-refractivity contribution in [2.24, 2.45) is 11.1 Å². The molecule has 2 amide bonds. The summed E-state index contributed by atoms with van der Waals surface area (Å²) in [5.41, 5.74) is 6.50.